The van der Waals surface area contributed by atoms with Crippen LogP contribution in [0, 0.1) is 6.92 Å². The minimum Gasteiger partial charge on any atom is -0.475 e. The highest BCUT2D eigenvalue weighted by molar-refractivity contribution is 6.05. The maximum absolute atomic E-state index is 13.3. The van der Waals surface area contributed by atoms with Crippen molar-refractivity contribution in [3.8, 4) is 17.0 Å². The van der Waals surface area contributed by atoms with Gasteiger partial charge in [0, 0.05) is 30.0 Å². The number of anilines is 1. The fraction of sp³-hybridized carbons (Fsp3) is 0.385. The molecule has 1 fully saturated rings. The first-order valence-corrected chi connectivity index (χ1v) is 11.9. The number of aliphatic hydroxyl groups is 1. The molecule has 3 aromatic rings. The molecule has 2 atom stereocenters. The number of hydrogen-bond acceptors (Lipinski definition) is 7. The maximum Gasteiger partial charge on any atom is 0.435 e. The summed E-state index contributed by atoms with van der Waals surface area (Å²) in [6.45, 7) is 1.44. The number of pyridine rings is 1. The van der Waals surface area contributed by atoms with E-state index in [2.05, 4.69) is 20.5 Å². The Bertz CT molecular complexity index is 1290. The van der Waals surface area contributed by atoms with Crippen molar-refractivity contribution >= 4 is 11.6 Å². The number of rotatable bonds is 8. The molecule has 38 heavy (non-hydrogen) atoms. The Morgan fingerprint density at radius 2 is 2.05 bits per heavy atom. The van der Waals surface area contributed by atoms with Crippen molar-refractivity contribution in [1.29, 1.82) is 0 Å². The molecule has 0 saturated carbocycles. The Hall–Kier alpha value is -3.64. The van der Waals surface area contributed by atoms with Crippen LogP contribution in [0.2, 0.25) is 0 Å². The molecule has 1 aliphatic rings. The molecule has 0 bridgehead atoms. The van der Waals surface area contributed by atoms with Crippen LogP contribution >= 0.6 is 0 Å². The second-order valence-electron chi connectivity index (χ2n) is 8.83. The van der Waals surface area contributed by atoms with E-state index in [1.165, 1.54) is 0 Å². The van der Waals surface area contributed by atoms with Crippen molar-refractivity contribution < 1.29 is 36.9 Å². The SMILES string of the molecule is Cc1ccc(NC(=O)c2ccnnc2C(F)(F)F)cc1-c1cc(OCCO)nc(C2CCOC(CF)C2)c1. The average Bonchev–Trinajstić information content (AvgIpc) is 2.92. The fourth-order valence-electron chi connectivity index (χ4n) is 4.30. The Kier molecular flexibility index (Phi) is 8.52. The highest BCUT2D eigenvalue weighted by atomic mass is 19.4. The summed E-state index contributed by atoms with van der Waals surface area (Å²) in [6, 6.07) is 9.42. The minimum absolute atomic E-state index is 0.0212. The number of halogens is 4. The molecule has 0 radical (unpaired) electrons. The Balaban J connectivity index is 1.67. The molecule has 2 N–H and O–H groups in total. The van der Waals surface area contributed by atoms with E-state index in [-0.39, 0.29) is 30.7 Å². The predicted molar refractivity (Wildman–Crippen MR) is 130 cm³/mol. The number of alkyl halides is 4. The smallest absolute Gasteiger partial charge is 0.435 e. The van der Waals surface area contributed by atoms with Crippen LogP contribution in [0.1, 0.15) is 46.1 Å². The molecule has 1 aliphatic heterocycles. The summed E-state index contributed by atoms with van der Waals surface area (Å²) < 4.78 is 64.2. The lowest BCUT2D eigenvalue weighted by Crippen LogP contribution is -2.26. The fourth-order valence-corrected chi connectivity index (χ4v) is 4.30. The van der Waals surface area contributed by atoms with Gasteiger partial charge in [0.25, 0.3) is 5.91 Å². The van der Waals surface area contributed by atoms with Gasteiger partial charge in [-0.05, 0) is 60.7 Å². The molecule has 3 heterocycles. The number of nitrogens with one attached hydrogen (secondary N) is 1. The molecule has 8 nitrogen and oxygen atoms in total. The third-order valence-corrected chi connectivity index (χ3v) is 6.16. The number of ether oxygens (including phenoxy) is 2. The van der Waals surface area contributed by atoms with Crippen LogP contribution < -0.4 is 10.1 Å². The van der Waals surface area contributed by atoms with Crippen LogP contribution in [0.4, 0.5) is 23.2 Å². The van der Waals surface area contributed by atoms with Gasteiger partial charge in [0.2, 0.25) is 5.88 Å². The zero-order valence-corrected chi connectivity index (χ0v) is 20.5. The number of carbonyl (C=O) groups excluding carboxylic acids is 1. The first-order chi connectivity index (χ1) is 18.2. The van der Waals surface area contributed by atoms with Gasteiger partial charge >= 0.3 is 6.18 Å². The number of carbonyl (C=O) groups is 1. The first-order valence-electron chi connectivity index (χ1n) is 11.9. The van der Waals surface area contributed by atoms with E-state index in [1.807, 2.05) is 13.0 Å². The number of aliphatic hydroxyl groups excluding tert-OH is 1. The molecule has 0 aliphatic carbocycles. The van der Waals surface area contributed by atoms with Crippen LogP contribution in [-0.4, -0.2) is 58.8 Å². The van der Waals surface area contributed by atoms with Gasteiger partial charge in [-0.3, -0.25) is 4.79 Å². The molecule has 0 spiro atoms. The Morgan fingerprint density at radius 3 is 2.79 bits per heavy atom. The van der Waals surface area contributed by atoms with Crippen molar-refractivity contribution in [3.63, 3.8) is 0 Å². The van der Waals surface area contributed by atoms with Crippen LogP contribution in [0.3, 0.4) is 0 Å². The summed E-state index contributed by atoms with van der Waals surface area (Å²) in [5, 5.41) is 18.0. The summed E-state index contributed by atoms with van der Waals surface area (Å²) in [4.78, 5) is 17.3. The third kappa shape index (κ3) is 6.43. The van der Waals surface area contributed by atoms with E-state index in [1.54, 1.807) is 24.3 Å². The summed E-state index contributed by atoms with van der Waals surface area (Å²) in [5.74, 6) is -0.797. The molecule has 1 amide bonds. The van der Waals surface area contributed by atoms with Crippen molar-refractivity contribution in [2.75, 3.05) is 31.8 Å². The van der Waals surface area contributed by atoms with Gasteiger partial charge in [0.05, 0.1) is 24.5 Å². The van der Waals surface area contributed by atoms with Crippen LogP contribution in [-0.2, 0) is 10.9 Å². The van der Waals surface area contributed by atoms with E-state index in [0.29, 0.717) is 36.3 Å². The van der Waals surface area contributed by atoms with Crippen LogP contribution in [0.15, 0.2) is 42.6 Å². The lowest BCUT2D eigenvalue weighted by molar-refractivity contribution is -0.142. The van der Waals surface area contributed by atoms with Gasteiger partial charge in [0.1, 0.15) is 13.3 Å². The Morgan fingerprint density at radius 1 is 1.24 bits per heavy atom. The predicted octanol–water partition coefficient (Wildman–Crippen LogP) is 4.72. The molecular weight excluding hydrogens is 508 g/mol. The summed E-state index contributed by atoms with van der Waals surface area (Å²) in [5.41, 5.74) is 1.09. The molecule has 2 unspecified atom stereocenters. The highest BCUT2D eigenvalue weighted by Gasteiger charge is 2.37. The molecule has 4 rings (SSSR count). The topological polar surface area (TPSA) is 106 Å². The Labute approximate surface area is 216 Å². The zero-order chi connectivity index (χ0) is 27.3. The number of hydrogen-bond donors (Lipinski definition) is 2. The largest absolute Gasteiger partial charge is 0.475 e. The van der Waals surface area contributed by atoms with E-state index in [0.717, 1.165) is 17.8 Å². The van der Waals surface area contributed by atoms with Crippen LogP contribution in [0.25, 0.3) is 11.1 Å². The average molecular weight is 535 g/mol. The van der Waals surface area contributed by atoms with Gasteiger partial charge in [-0.15, -0.1) is 5.10 Å². The zero-order valence-electron chi connectivity index (χ0n) is 20.5. The van der Waals surface area contributed by atoms with Gasteiger partial charge in [-0.1, -0.05) is 6.07 Å². The highest BCUT2D eigenvalue weighted by Crippen LogP contribution is 2.36. The van der Waals surface area contributed by atoms with Gasteiger partial charge in [0.15, 0.2) is 5.69 Å². The summed E-state index contributed by atoms with van der Waals surface area (Å²) in [7, 11) is 0. The third-order valence-electron chi connectivity index (χ3n) is 6.16. The number of aromatic nitrogens is 3. The lowest BCUT2D eigenvalue weighted by atomic mass is 9.90. The lowest BCUT2D eigenvalue weighted by Gasteiger charge is -2.28. The van der Waals surface area contributed by atoms with Gasteiger partial charge in [-0.25, -0.2) is 9.37 Å². The van der Waals surface area contributed by atoms with Gasteiger partial charge in [-0.2, -0.15) is 18.3 Å². The second kappa shape index (κ2) is 11.8. The molecule has 2 aromatic heterocycles. The molecule has 12 heteroatoms. The van der Waals surface area contributed by atoms with Crippen molar-refractivity contribution in [2.24, 2.45) is 0 Å². The number of nitrogens with zero attached hydrogens (tertiary/aromatic N) is 3. The summed E-state index contributed by atoms with van der Waals surface area (Å²) >= 11 is 0. The van der Waals surface area contributed by atoms with E-state index < -0.39 is 36.1 Å². The maximum atomic E-state index is 13.3. The number of benzene rings is 1. The van der Waals surface area contributed by atoms with Crippen molar-refractivity contribution in [1.82, 2.24) is 15.2 Å². The van der Waals surface area contributed by atoms with E-state index in [9.17, 15) is 27.5 Å². The van der Waals surface area contributed by atoms with Crippen molar-refractivity contribution in [2.45, 2.75) is 38.0 Å². The van der Waals surface area contributed by atoms with E-state index in [4.69, 9.17) is 9.47 Å². The number of aryl methyl sites for hydroxylation is 1. The first kappa shape index (κ1) is 27.4. The number of amides is 1. The monoisotopic (exact) mass is 534 g/mol. The van der Waals surface area contributed by atoms with Crippen LogP contribution in [0.5, 0.6) is 5.88 Å². The standard InChI is InChI=1S/C26H26F4N4O4/c1-15-2-3-18(32-25(36)20-4-6-31-34-24(20)26(28,29)30)13-21(15)17-11-22(33-23(12-17)38-9-7-35)16-5-8-37-19(10-16)14-27/h2-4,6,11-13,16,19,35H,5,7-10,14H2,1H3,(H,32,36). The molecule has 202 valence electrons. The second-order valence-corrected chi connectivity index (χ2v) is 8.83. The molecule has 1 aromatic carbocycles. The van der Waals surface area contributed by atoms with Crippen molar-refractivity contribution in [3.05, 3.63) is 65.1 Å². The normalized spacial score (nSPS) is 17.7. The van der Waals surface area contributed by atoms with Gasteiger partial charge < -0.3 is 19.9 Å². The summed E-state index contributed by atoms with van der Waals surface area (Å²) in [6.07, 6.45) is -3.26. The quantitative estimate of drug-likeness (QED) is 0.403. The molecule has 1 saturated heterocycles. The minimum atomic E-state index is -4.84. The molecular formula is C26H26F4N4O4. The van der Waals surface area contributed by atoms with E-state index >= 15 is 0 Å².